The van der Waals surface area contributed by atoms with Gasteiger partial charge in [-0.05, 0) is 66.3 Å². The maximum Gasteiger partial charge on any atom is 0.433 e. The third kappa shape index (κ3) is 4.46. The highest BCUT2D eigenvalue weighted by atomic mass is 19.4. The van der Waals surface area contributed by atoms with Crippen LogP contribution in [0.4, 0.5) is 18.9 Å². The molecule has 1 fully saturated rings. The molecule has 0 spiro atoms. The number of para-hydroxylation sites is 1. The highest BCUT2D eigenvalue weighted by Crippen LogP contribution is 2.34. The summed E-state index contributed by atoms with van der Waals surface area (Å²) in [4.78, 5) is 16.4. The molecule has 0 radical (unpaired) electrons. The summed E-state index contributed by atoms with van der Waals surface area (Å²) in [5.74, 6) is -0.203. The quantitative estimate of drug-likeness (QED) is 0.453. The molecule has 2 aromatic heterocycles. The fraction of sp³-hybridized carbons (Fsp3) is 0.304. The largest absolute Gasteiger partial charge is 0.433 e. The predicted molar refractivity (Wildman–Crippen MR) is 116 cm³/mol. The van der Waals surface area contributed by atoms with Gasteiger partial charge in [-0.25, -0.2) is 9.61 Å². The number of aromatic nitrogens is 3. The van der Waals surface area contributed by atoms with Crippen molar-refractivity contribution in [3.8, 4) is 0 Å². The fourth-order valence-corrected chi connectivity index (χ4v) is 4.23. The number of rotatable bonds is 4. The van der Waals surface area contributed by atoms with E-state index in [9.17, 15) is 18.0 Å². The van der Waals surface area contributed by atoms with Crippen LogP contribution in [-0.4, -0.2) is 33.3 Å². The summed E-state index contributed by atoms with van der Waals surface area (Å²) < 4.78 is 44.6. The van der Waals surface area contributed by atoms with Crippen LogP contribution in [-0.2, 0) is 6.18 Å². The van der Waals surface area contributed by atoms with Crippen LogP contribution in [0.5, 0.6) is 0 Å². The molecule has 0 saturated heterocycles. The monoisotopic (exact) mass is 455 g/mol. The second kappa shape index (κ2) is 8.34. The minimum Gasteiger partial charge on any atom is -0.382 e. The zero-order valence-electron chi connectivity index (χ0n) is 17.4. The molecular formula is C23H20F3N5O2. The van der Waals surface area contributed by atoms with Crippen molar-refractivity contribution in [2.45, 2.75) is 43.9 Å². The molecule has 1 amide bonds. The molecule has 1 aliphatic rings. The molecule has 0 bridgehead atoms. The van der Waals surface area contributed by atoms with Gasteiger partial charge in [-0.2, -0.15) is 13.2 Å². The van der Waals surface area contributed by atoms with E-state index in [0.717, 1.165) is 18.9 Å². The number of benzene rings is 2. The lowest BCUT2D eigenvalue weighted by Gasteiger charge is -2.30. The van der Waals surface area contributed by atoms with E-state index in [4.69, 9.17) is 0 Å². The van der Waals surface area contributed by atoms with Gasteiger partial charge in [0, 0.05) is 28.7 Å². The van der Waals surface area contributed by atoms with E-state index in [2.05, 4.69) is 30.6 Å². The first-order valence-electron chi connectivity index (χ1n) is 10.6. The van der Waals surface area contributed by atoms with Gasteiger partial charge < -0.3 is 10.6 Å². The van der Waals surface area contributed by atoms with E-state index in [1.54, 1.807) is 42.5 Å². The van der Waals surface area contributed by atoms with Crippen molar-refractivity contribution >= 4 is 33.5 Å². The third-order valence-electron chi connectivity index (χ3n) is 5.94. The first-order valence-corrected chi connectivity index (χ1v) is 10.6. The summed E-state index contributed by atoms with van der Waals surface area (Å²) >= 11 is 0. The smallest absolute Gasteiger partial charge is 0.382 e. The molecule has 0 unspecified atom stereocenters. The van der Waals surface area contributed by atoms with Crippen molar-refractivity contribution in [3.05, 3.63) is 59.8 Å². The molecule has 2 heterocycles. The maximum absolute atomic E-state index is 13.3. The first kappa shape index (κ1) is 21.2. The minimum atomic E-state index is -4.52. The van der Waals surface area contributed by atoms with Crippen molar-refractivity contribution in [2.24, 2.45) is 0 Å². The summed E-state index contributed by atoms with van der Waals surface area (Å²) in [6, 6.07) is 12.8. The summed E-state index contributed by atoms with van der Waals surface area (Å²) in [5, 5.41) is 14.4. The number of alkyl halides is 3. The van der Waals surface area contributed by atoms with Crippen LogP contribution in [0, 0.1) is 0 Å². The Kier molecular flexibility index (Phi) is 5.35. The topological polar surface area (TPSA) is 92.9 Å². The van der Waals surface area contributed by atoms with Gasteiger partial charge in [0.25, 0.3) is 5.91 Å². The normalized spacial score (nSPS) is 19.0. The maximum atomic E-state index is 13.3. The standard InChI is InChI=1S/C23H20F3N5O2/c24-23(25,26)21-12-19(16-3-1-2-4-17(16)29-21)27-14-6-8-15(9-7-14)28-22(32)13-5-10-18-20(11-13)31-33-30-18/h1-5,10-12,14-15H,6-9H2,(H,27,29)(H,28,32)/t14-,15+. The molecule has 4 aromatic rings. The number of amides is 1. The number of carbonyl (C=O) groups is 1. The Morgan fingerprint density at radius 3 is 2.42 bits per heavy atom. The number of hydrogen-bond donors (Lipinski definition) is 2. The van der Waals surface area contributed by atoms with E-state index < -0.39 is 11.9 Å². The van der Waals surface area contributed by atoms with Gasteiger partial charge in [-0.1, -0.05) is 18.2 Å². The van der Waals surface area contributed by atoms with E-state index in [1.165, 1.54) is 0 Å². The zero-order valence-corrected chi connectivity index (χ0v) is 17.4. The Morgan fingerprint density at radius 1 is 0.909 bits per heavy atom. The van der Waals surface area contributed by atoms with Crippen molar-refractivity contribution in [1.82, 2.24) is 20.6 Å². The molecule has 10 heteroatoms. The molecule has 170 valence electrons. The molecule has 1 saturated carbocycles. The van der Waals surface area contributed by atoms with Crippen LogP contribution in [0.15, 0.2) is 53.2 Å². The lowest BCUT2D eigenvalue weighted by atomic mass is 9.90. The number of pyridine rings is 1. The van der Waals surface area contributed by atoms with Crippen LogP contribution < -0.4 is 10.6 Å². The van der Waals surface area contributed by atoms with Crippen LogP contribution in [0.25, 0.3) is 21.9 Å². The van der Waals surface area contributed by atoms with Crippen molar-refractivity contribution < 1.29 is 22.6 Å². The Labute approximate surface area is 186 Å². The van der Waals surface area contributed by atoms with E-state index in [-0.39, 0.29) is 18.0 Å². The molecule has 1 aliphatic carbocycles. The van der Waals surface area contributed by atoms with Crippen LogP contribution in [0.3, 0.4) is 0 Å². The average molecular weight is 455 g/mol. The summed E-state index contributed by atoms with van der Waals surface area (Å²) in [7, 11) is 0. The second-order valence-electron chi connectivity index (χ2n) is 8.20. The van der Waals surface area contributed by atoms with Gasteiger partial charge in [0.2, 0.25) is 0 Å². The Morgan fingerprint density at radius 2 is 1.64 bits per heavy atom. The number of anilines is 1. The molecule has 7 nitrogen and oxygen atoms in total. The number of halogens is 3. The van der Waals surface area contributed by atoms with Crippen LogP contribution in [0.1, 0.15) is 41.7 Å². The lowest BCUT2D eigenvalue weighted by Crippen LogP contribution is -2.40. The predicted octanol–water partition coefficient (Wildman–Crippen LogP) is 4.94. The van der Waals surface area contributed by atoms with Crippen molar-refractivity contribution in [3.63, 3.8) is 0 Å². The second-order valence-corrected chi connectivity index (χ2v) is 8.20. The Bertz CT molecular complexity index is 1310. The highest BCUT2D eigenvalue weighted by Gasteiger charge is 2.34. The van der Waals surface area contributed by atoms with Gasteiger partial charge in [-0.15, -0.1) is 0 Å². The van der Waals surface area contributed by atoms with Crippen molar-refractivity contribution in [2.75, 3.05) is 5.32 Å². The van der Waals surface area contributed by atoms with E-state index in [0.29, 0.717) is 46.0 Å². The van der Waals surface area contributed by atoms with Gasteiger partial charge in [-0.3, -0.25) is 4.79 Å². The van der Waals surface area contributed by atoms with Gasteiger partial charge in [0.1, 0.15) is 16.7 Å². The minimum absolute atomic E-state index is 0.00240. The Hall–Kier alpha value is -3.69. The molecule has 33 heavy (non-hydrogen) atoms. The number of nitrogens with one attached hydrogen (secondary N) is 2. The summed E-state index contributed by atoms with van der Waals surface area (Å²) in [6.45, 7) is 0. The highest BCUT2D eigenvalue weighted by molar-refractivity contribution is 5.97. The summed E-state index contributed by atoms with van der Waals surface area (Å²) in [6.07, 6.45) is -1.66. The zero-order chi connectivity index (χ0) is 23.0. The molecule has 5 rings (SSSR count). The van der Waals surface area contributed by atoms with Gasteiger partial charge in [0.15, 0.2) is 0 Å². The average Bonchev–Trinajstić information content (AvgIpc) is 3.27. The van der Waals surface area contributed by atoms with Crippen LogP contribution >= 0.6 is 0 Å². The fourth-order valence-electron chi connectivity index (χ4n) is 4.23. The Balaban J connectivity index is 1.24. The number of hydrogen-bond acceptors (Lipinski definition) is 6. The van der Waals surface area contributed by atoms with E-state index >= 15 is 0 Å². The van der Waals surface area contributed by atoms with Gasteiger partial charge in [0.05, 0.1) is 5.52 Å². The number of carbonyl (C=O) groups excluding carboxylic acids is 1. The molecule has 2 N–H and O–H groups in total. The summed E-state index contributed by atoms with van der Waals surface area (Å²) in [5.41, 5.74) is 1.38. The lowest BCUT2D eigenvalue weighted by molar-refractivity contribution is -0.140. The number of fused-ring (bicyclic) bond motifs is 2. The molecular weight excluding hydrogens is 435 g/mol. The van der Waals surface area contributed by atoms with E-state index in [1.807, 2.05) is 0 Å². The van der Waals surface area contributed by atoms with Crippen molar-refractivity contribution in [1.29, 1.82) is 0 Å². The number of nitrogens with zero attached hydrogens (tertiary/aromatic N) is 3. The molecule has 0 aliphatic heterocycles. The third-order valence-corrected chi connectivity index (χ3v) is 5.94. The molecule has 2 aromatic carbocycles. The molecule has 0 atom stereocenters. The van der Waals surface area contributed by atoms with Gasteiger partial charge >= 0.3 is 6.18 Å². The first-order chi connectivity index (χ1) is 15.9. The SMILES string of the molecule is O=C(N[C@H]1CC[C@@H](Nc2cc(C(F)(F)F)nc3ccccc23)CC1)c1ccc2nonc2c1. The van der Waals surface area contributed by atoms with Crippen LogP contribution in [0.2, 0.25) is 0 Å².